The van der Waals surface area contributed by atoms with Crippen LogP contribution in [0.1, 0.15) is 6.42 Å². The van der Waals surface area contributed by atoms with Gasteiger partial charge in [0, 0.05) is 11.8 Å². The summed E-state index contributed by atoms with van der Waals surface area (Å²) in [6.07, 6.45) is 1.51. The van der Waals surface area contributed by atoms with E-state index in [-0.39, 0.29) is 12.4 Å². The normalized spacial score (nSPS) is 6.17. The third kappa shape index (κ3) is 8.83. The van der Waals surface area contributed by atoms with Gasteiger partial charge in [0.25, 0.3) is 0 Å². The summed E-state index contributed by atoms with van der Waals surface area (Å²) in [5.74, 6) is 0. The predicted octanol–water partition coefficient (Wildman–Crippen LogP) is 1.39. The number of hydrogen-bond acceptors (Lipinski definition) is 1. The SMILES string of the molecule is Cl.O=CCCBr. The Bertz CT molecular complexity index is 32.0. The predicted molar refractivity (Wildman–Crippen MR) is 31.7 cm³/mol. The molecule has 0 unspecified atom stereocenters. The van der Waals surface area contributed by atoms with Gasteiger partial charge < -0.3 is 4.79 Å². The topological polar surface area (TPSA) is 17.1 Å². The van der Waals surface area contributed by atoms with Crippen molar-refractivity contribution >= 4 is 34.6 Å². The molecule has 0 rings (SSSR count). The van der Waals surface area contributed by atoms with Gasteiger partial charge in [-0.15, -0.1) is 12.4 Å². The van der Waals surface area contributed by atoms with Gasteiger partial charge in [0.05, 0.1) is 0 Å². The number of hydrogen-bond donors (Lipinski definition) is 0. The van der Waals surface area contributed by atoms with E-state index in [1.807, 2.05) is 0 Å². The minimum atomic E-state index is 0. The molecule has 0 spiro atoms. The van der Waals surface area contributed by atoms with E-state index in [4.69, 9.17) is 0 Å². The van der Waals surface area contributed by atoms with Crippen molar-refractivity contribution in [1.82, 2.24) is 0 Å². The fraction of sp³-hybridized carbons (Fsp3) is 0.667. The second kappa shape index (κ2) is 9.06. The molecule has 0 aromatic carbocycles. The molecule has 1 nitrogen and oxygen atoms in total. The first-order chi connectivity index (χ1) is 2.41. The molecule has 0 aliphatic rings. The smallest absolute Gasteiger partial charge is 0.120 e. The van der Waals surface area contributed by atoms with Gasteiger partial charge in [-0.05, 0) is 0 Å². The van der Waals surface area contributed by atoms with E-state index in [0.717, 1.165) is 11.6 Å². The monoisotopic (exact) mass is 172 g/mol. The molecule has 0 aliphatic heterocycles. The Morgan fingerprint density at radius 1 is 1.67 bits per heavy atom. The largest absolute Gasteiger partial charge is 0.303 e. The van der Waals surface area contributed by atoms with Crippen LogP contribution in [0, 0.1) is 0 Å². The highest BCUT2D eigenvalue weighted by Gasteiger charge is 1.68. The summed E-state index contributed by atoms with van der Waals surface area (Å²) in [7, 11) is 0. The summed E-state index contributed by atoms with van der Waals surface area (Å²) in [5, 5.41) is 0.788. The van der Waals surface area contributed by atoms with Crippen LogP contribution < -0.4 is 0 Å². The molecule has 0 fully saturated rings. The van der Waals surface area contributed by atoms with Crippen LogP contribution in [0.4, 0.5) is 0 Å². The summed E-state index contributed by atoms with van der Waals surface area (Å²) in [5.41, 5.74) is 0. The van der Waals surface area contributed by atoms with E-state index in [9.17, 15) is 4.79 Å². The average molecular weight is 173 g/mol. The highest BCUT2D eigenvalue weighted by molar-refractivity contribution is 9.09. The molecule has 0 saturated heterocycles. The van der Waals surface area contributed by atoms with Crippen molar-refractivity contribution in [3.8, 4) is 0 Å². The van der Waals surface area contributed by atoms with E-state index in [2.05, 4.69) is 15.9 Å². The second-order valence-electron chi connectivity index (χ2n) is 0.644. The van der Waals surface area contributed by atoms with Crippen LogP contribution in [-0.4, -0.2) is 11.6 Å². The summed E-state index contributed by atoms with van der Waals surface area (Å²) < 4.78 is 0. The first-order valence-electron chi connectivity index (χ1n) is 1.41. The second-order valence-corrected chi connectivity index (χ2v) is 1.44. The number of alkyl halides is 1. The molecule has 3 heteroatoms. The zero-order valence-corrected chi connectivity index (χ0v) is 5.59. The summed E-state index contributed by atoms with van der Waals surface area (Å²) >= 11 is 3.08. The minimum absolute atomic E-state index is 0. The highest BCUT2D eigenvalue weighted by atomic mass is 79.9. The zero-order valence-electron chi connectivity index (χ0n) is 3.19. The van der Waals surface area contributed by atoms with E-state index >= 15 is 0 Å². The molecule has 0 aliphatic carbocycles. The van der Waals surface area contributed by atoms with Crippen LogP contribution in [-0.2, 0) is 4.79 Å². The van der Waals surface area contributed by atoms with Crippen molar-refractivity contribution in [3.63, 3.8) is 0 Å². The Morgan fingerprint density at radius 2 is 2.17 bits per heavy atom. The van der Waals surface area contributed by atoms with Crippen LogP contribution in [0.25, 0.3) is 0 Å². The third-order valence-electron chi connectivity index (χ3n) is 0.227. The maximum absolute atomic E-state index is 9.37. The van der Waals surface area contributed by atoms with Gasteiger partial charge in [0.2, 0.25) is 0 Å². The summed E-state index contributed by atoms with van der Waals surface area (Å²) in [6.45, 7) is 0. The fourth-order valence-electron chi connectivity index (χ4n) is 0.0445. The zero-order chi connectivity index (χ0) is 4.12. The third-order valence-corrected chi connectivity index (χ3v) is 0.685. The van der Waals surface area contributed by atoms with E-state index in [1.54, 1.807) is 0 Å². The Labute approximate surface area is 51.7 Å². The molecular weight excluding hydrogens is 167 g/mol. The first kappa shape index (κ1) is 9.67. The van der Waals surface area contributed by atoms with Crippen molar-refractivity contribution in [3.05, 3.63) is 0 Å². The number of carbonyl (C=O) groups is 1. The van der Waals surface area contributed by atoms with E-state index in [1.165, 1.54) is 0 Å². The molecule has 0 aromatic heterocycles. The minimum Gasteiger partial charge on any atom is -0.303 e. The van der Waals surface area contributed by atoms with E-state index < -0.39 is 0 Å². The number of aldehydes is 1. The molecule has 0 saturated carbocycles. The molecule has 0 atom stereocenters. The number of halogens is 2. The standard InChI is InChI=1S/C3H5BrO.ClH/c4-2-1-3-5;/h3H,1-2H2;1H. The Kier molecular flexibility index (Phi) is 14.6. The molecule has 0 heterocycles. The quantitative estimate of drug-likeness (QED) is 0.456. The first-order valence-corrected chi connectivity index (χ1v) is 2.53. The lowest BCUT2D eigenvalue weighted by molar-refractivity contribution is -0.107. The summed E-state index contributed by atoms with van der Waals surface area (Å²) in [4.78, 5) is 9.37. The molecule has 0 bridgehead atoms. The summed E-state index contributed by atoms with van der Waals surface area (Å²) in [6, 6.07) is 0. The van der Waals surface area contributed by atoms with Crippen LogP contribution in [0.15, 0.2) is 0 Å². The van der Waals surface area contributed by atoms with Crippen LogP contribution >= 0.6 is 28.3 Å². The molecular formula is C3H6BrClO. The van der Waals surface area contributed by atoms with Gasteiger partial charge in [0.1, 0.15) is 6.29 Å². The molecule has 0 amide bonds. The molecule has 38 valence electrons. The Hall–Kier alpha value is 0.440. The highest BCUT2D eigenvalue weighted by Crippen LogP contribution is 1.79. The lowest BCUT2D eigenvalue weighted by Gasteiger charge is -1.66. The van der Waals surface area contributed by atoms with Gasteiger partial charge in [0.15, 0.2) is 0 Å². The molecule has 6 heavy (non-hydrogen) atoms. The lowest BCUT2D eigenvalue weighted by Crippen LogP contribution is -1.69. The average Bonchev–Trinajstić information content (AvgIpc) is 1.41. The van der Waals surface area contributed by atoms with Gasteiger partial charge in [-0.1, -0.05) is 15.9 Å². The van der Waals surface area contributed by atoms with Gasteiger partial charge in [-0.3, -0.25) is 0 Å². The van der Waals surface area contributed by atoms with Crippen molar-refractivity contribution in [2.75, 3.05) is 5.33 Å². The maximum Gasteiger partial charge on any atom is 0.120 e. The van der Waals surface area contributed by atoms with E-state index in [0.29, 0.717) is 6.42 Å². The van der Waals surface area contributed by atoms with Crippen molar-refractivity contribution in [2.45, 2.75) is 6.42 Å². The number of carbonyl (C=O) groups excluding carboxylic acids is 1. The fourth-order valence-corrected chi connectivity index (χ4v) is 0.231. The Morgan fingerprint density at radius 3 is 2.17 bits per heavy atom. The van der Waals surface area contributed by atoms with Crippen molar-refractivity contribution in [1.29, 1.82) is 0 Å². The Balaban J connectivity index is 0. The molecule has 0 aromatic rings. The van der Waals surface area contributed by atoms with Crippen molar-refractivity contribution in [2.24, 2.45) is 0 Å². The van der Waals surface area contributed by atoms with Crippen molar-refractivity contribution < 1.29 is 4.79 Å². The maximum atomic E-state index is 9.37. The molecule has 0 radical (unpaired) electrons. The molecule has 0 N–H and O–H groups in total. The lowest BCUT2D eigenvalue weighted by atomic mass is 10.6. The van der Waals surface area contributed by atoms with Crippen LogP contribution in [0.5, 0.6) is 0 Å². The van der Waals surface area contributed by atoms with Gasteiger partial charge in [-0.2, -0.15) is 0 Å². The van der Waals surface area contributed by atoms with Crippen LogP contribution in [0.3, 0.4) is 0 Å². The van der Waals surface area contributed by atoms with Crippen LogP contribution in [0.2, 0.25) is 0 Å². The van der Waals surface area contributed by atoms with Gasteiger partial charge in [-0.25, -0.2) is 0 Å². The number of rotatable bonds is 2. The van der Waals surface area contributed by atoms with Gasteiger partial charge >= 0.3 is 0 Å².